The monoisotopic (exact) mass is 423 g/mol. The van der Waals surface area contributed by atoms with Crippen molar-refractivity contribution in [3.8, 4) is 0 Å². The molecule has 0 spiro atoms. The highest BCUT2D eigenvalue weighted by Gasteiger charge is 2.27. The summed E-state index contributed by atoms with van der Waals surface area (Å²) < 4.78 is 5.11. The number of thiazole rings is 2. The Morgan fingerprint density at radius 1 is 1.18 bits per heavy atom. The second kappa shape index (κ2) is 9.60. The van der Waals surface area contributed by atoms with Crippen LogP contribution in [0.3, 0.4) is 0 Å². The second-order valence-corrected chi connectivity index (χ2v) is 9.58. The summed E-state index contributed by atoms with van der Waals surface area (Å²) in [7, 11) is 0. The molecular formula is C20H29N3O3S2. The van der Waals surface area contributed by atoms with Gasteiger partial charge in [-0.1, -0.05) is 51.9 Å². The van der Waals surface area contributed by atoms with Crippen LogP contribution in [-0.4, -0.2) is 35.0 Å². The van der Waals surface area contributed by atoms with Crippen molar-refractivity contribution in [3.63, 3.8) is 0 Å². The fourth-order valence-electron chi connectivity index (χ4n) is 2.54. The number of carbonyl (C=O) groups excluding carboxylic acids is 2. The number of hydrogen-bond donors (Lipinski definition) is 0. The van der Waals surface area contributed by atoms with E-state index in [1.54, 1.807) is 24.9 Å². The zero-order valence-electron chi connectivity index (χ0n) is 17.5. The number of hydrogen-bond acceptors (Lipinski definition) is 7. The molecule has 2 heterocycles. The molecule has 0 atom stereocenters. The van der Waals surface area contributed by atoms with E-state index in [1.807, 2.05) is 0 Å². The van der Waals surface area contributed by atoms with Crippen LogP contribution in [-0.2, 0) is 10.2 Å². The van der Waals surface area contributed by atoms with Crippen LogP contribution in [0.4, 0.5) is 5.13 Å². The van der Waals surface area contributed by atoms with E-state index < -0.39 is 5.97 Å². The van der Waals surface area contributed by atoms with Crippen molar-refractivity contribution in [1.29, 1.82) is 0 Å². The Kier molecular flexibility index (Phi) is 7.71. The lowest BCUT2D eigenvalue weighted by atomic mass is 9.98. The van der Waals surface area contributed by atoms with Gasteiger partial charge in [-0.2, -0.15) is 0 Å². The Morgan fingerprint density at radius 2 is 1.89 bits per heavy atom. The molecule has 154 valence electrons. The van der Waals surface area contributed by atoms with Gasteiger partial charge < -0.3 is 4.74 Å². The lowest BCUT2D eigenvalue weighted by Crippen LogP contribution is -2.31. The fourth-order valence-corrected chi connectivity index (χ4v) is 4.45. The molecule has 8 heteroatoms. The maximum Gasteiger partial charge on any atom is 0.350 e. The molecule has 0 aliphatic heterocycles. The van der Waals surface area contributed by atoms with Crippen molar-refractivity contribution in [3.05, 3.63) is 26.7 Å². The highest BCUT2D eigenvalue weighted by atomic mass is 32.1. The van der Waals surface area contributed by atoms with Gasteiger partial charge in [-0.05, 0) is 20.3 Å². The van der Waals surface area contributed by atoms with Crippen molar-refractivity contribution < 1.29 is 14.3 Å². The Hall–Kier alpha value is -1.80. The summed E-state index contributed by atoms with van der Waals surface area (Å²) in [6, 6.07) is 0. The Bertz CT molecular complexity index is 821. The summed E-state index contributed by atoms with van der Waals surface area (Å²) >= 11 is 2.63. The van der Waals surface area contributed by atoms with Gasteiger partial charge in [0, 0.05) is 12.0 Å². The zero-order chi connectivity index (χ0) is 20.9. The number of aromatic nitrogens is 2. The molecule has 0 fully saturated rings. The number of aryl methyl sites for hydroxylation is 1. The molecule has 2 aromatic heterocycles. The average Bonchev–Trinajstić information content (AvgIpc) is 3.25. The number of esters is 1. The van der Waals surface area contributed by atoms with E-state index in [0.717, 1.165) is 24.3 Å². The SMILES string of the molecule is CCCCCN(C(=O)c1cnc(C(C)(C)C)s1)c1nc(C)c(C(=O)OCC)s1. The van der Waals surface area contributed by atoms with Crippen LogP contribution < -0.4 is 4.90 Å². The topological polar surface area (TPSA) is 72.4 Å². The Balaban J connectivity index is 2.34. The second-order valence-electron chi connectivity index (χ2n) is 7.58. The van der Waals surface area contributed by atoms with E-state index in [2.05, 4.69) is 37.7 Å². The van der Waals surface area contributed by atoms with Crippen molar-refractivity contribution in [2.75, 3.05) is 18.1 Å². The van der Waals surface area contributed by atoms with Gasteiger partial charge in [0.05, 0.1) is 23.5 Å². The lowest BCUT2D eigenvalue weighted by molar-refractivity contribution is 0.0531. The maximum absolute atomic E-state index is 13.2. The fraction of sp³-hybridized carbons (Fsp3) is 0.600. The van der Waals surface area contributed by atoms with Crippen molar-refractivity contribution >= 4 is 39.7 Å². The number of unbranched alkanes of at least 4 members (excludes halogenated alkanes) is 2. The van der Waals surface area contributed by atoms with Gasteiger partial charge in [0.25, 0.3) is 5.91 Å². The van der Waals surface area contributed by atoms with E-state index in [-0.39, 0.29) is 11.3 Å². The highest BCUT2D eigenvalue weighted by molar-refractivity contribution is 7.18. The van der Waals surface area contributed by atoms with Gasteiger partial charge in [-0.25, -0.2) is 14.8 Å². The molecule has 0 saturated carbocycles. The van der Waals surface area contributed by atoms with Crippen LogP contribution >= 0.6 is 22.7 Å². The van der Waals surface area contributed by atoms with Crippen molar-refractivity contribution in [2.45, 2.75) is 66.2 Å². The molecule has 6 nitrogen and oxygen atoms in total. The normalized spacial score (nSPS) is 11.5. The van der Waals surface area contributed by atoms with Crippen molar-refractivity contribution in [1.82, 2.24) is 9.97 Å². The third-order valence-electron chi connectivity index (χ3n) is 4.07. The lowest BCUT2D eigenvalue weighted by Gasteiger charge is -2.19. The summed E-state index contributed by atoms with van der Waals surface area (Å²) in [6.07, 6.45) is 4.60. The third-order valence-corrected chi connectivity index (χ3v) is 6.64. The van der Waals surface area contributed by atoms with Crippen LogP contribution in [0.5, 0.6) is 0 Å². The molecule has 28 heavy (non-hydrogen) atoms. The van der Waals surface area contributed by atoms with Gasteiger partial charge >= 0.3 is 5.97 Å². The molecule has 2 aromatic rings. The Labute approximate surface area is 175 Å². The highest BCUT2D eigenvalue weighted by Crippen LogP contribution is 2.31. The molecular weight excluding hydrogens is 394 g/mol. The first kappa shape index (κ1) is 22.5. The Morgan fingerprint density at radius 3 is 2.46 bits per heavy atom. The molecule has 0 unspecified atom stereocenters. The zero-order valence-corrected chi connectivity index (χ0v) is 19.1. The first-order chi connectivity index (χ1) is 13.2. The number of amides is 1. The first-order valence-electron chi connectivity index (χ1n) is 9.61. The quantitative estimate of drug-likeness (QED) is 0.430. The smallest absolute Gasteiger partial charge is 0.350 e. The molecule has 0 aliphatic rings. The number of ether oxygens (including phenoxy) is 1. The van der Waals surface area contributed by atoms with E-state index >= 15 is 0 Å². The van der Waals surface area contributed by atoms with Crippen molar-refractivity contribution in [2.24, 2.45) is 0 Å². The van der Waals surface area contributed by atoms with Crippen LogP contribution in [0.2, 0.25) is 0 Å². The van der Waals surface area contributed by atoms with E-state index in [0.29, 0.717) is 33.7 Å². The molecule has 0 radical (unpaired) electrons. The summed E-state index contributed by atoms with van der Waals surface area (Å²) in [6.45, 7) is 12.8. The van der Waals surface area contributed by atoms with Crippen LogP contribution in [0, 0.1) is 6.92 Å². The maximum atomic E-state index is 13.2. The standard InChI is InChI=1S/C20H29N3O3S2/c1-7-9-10-11-23(16(24)14-12-21-18(27-14)20(4,5)6)19-22-13(3)15(28-19)17(25)26-8-2/h12H,7-11H2,1-6H3. The van der Waals surface area contributed by atoms with E-state index in [9.17, 15) is 9.59 Å². The van der Waals surface area contributed by atoms with Gasteiger partial charge in [0.2, 0.25) is 0 Å². The van der Waals surface area contributed by atoms with Crippen LogP contribution in [0.15, 0.2) is 6.20 Å². The van der Waals surface area contributed by atoms with Gasteiger partial charge in [0.1, 0.15) is 9.75 Å². The molecule has 2 rings (SSSR count). The van der Waals surface area contributed by atoms with Gasteiger partial charge in [-0.3, -0.25) is 9.69 Å². The number of rotatable bonds is 8. The minimum absolute atomic E-state index is 0.106. The first-order valence-corrected chi connectivity index (χ1v) is 11.2. The molecule has 1 amide bonds. The average molecular weight is 424 g/mol. The number of nitrogens with zero attached hydrogens (tertiary/aromatic N) is 3. The molecule has 0 aromatic carbocycles. The minimum atomic E-state index is -0.391. The number of anilines is 1. The molecule has 0 bridgehead atoms. The minimum Gasteiger partial charge on any atom is -0.462 e. The van der Waals surface area contributed by atoms with Gasteiger partial charge in [0.15, 0.2) is 5.13 Å². The summed E-state index contributed by atoms with van der Waals surface area (Å²) in [5.41, 5.74) is 0.483. The molecule has 0 aliphatic carbocycles. The molecule has 0 saturated heterocycles. The summed E-state index contributed by atoms with van der Waals surface area (Å²) in [4.78, 5) is 37.0. The third kappa shape index (κ3) is 5.38. The molecule has 0 N–H and O–H groups in total. The van der Waals surface area contributed by atoms with Crippen LogP contribution in [0.25, 0.3) is 0 Å². The largest absolute Gasteiger partial charge is 0.462 e. The van der Waals surface area contributed by atoms with E-state index in [4.69, 9.17) is 4.74 Å². The summed E-state index contributed by atoms with van der Waals surface area (Å²) in [5.74, 6) is -0.509. The predicted octanol–water partition coefficient (Wildman–Crippen LogP) is 5.22. The summed E-state index contributed by atoms with van der Waals surface area (Å²) in [5, 5.41) is 1.46. The van der Waals surface area contributed by atoms with E-state index in [1.165, 1.54) is 22.7 Å². The predicted molar refractivity (Wildman–Crippen MR) is 115 cm³/mol. The van der Waals surface area contributed by atoms with Crippen LogP contribution in [0.1, 0.15) is 83.9 Å². The van der Waals surface area contributed by atoms with Gasteiger partial charge in [-0.15, -0.1) is 11.3 Å². The number of carbonyl (C=O) groups is 2.